The van der Waals surface area contributed by atoms with Gasteiger partial charge in [-0.3, -0.25) is 4.98 Å². The van der Waals surface area contributed by atoms with Crippen LogP contribution in [0.25, 0.3) is 0 Å². The van der Waals surface area contributed by atoms with E-state index in [0.29, 0.717) is 0 Å². The lowest BCUT2D eigenvalue weighted by atomic mass is 10.1. The molecule has 90 valence electrons. The number of nitrogens with zero attached hydrogens (tertiary/aromatic N) is 2. The Bertz CT molecular complexity index is 311. The van der Waals surface area contributed by atoms with E-state index in [4.69, 9.17) is 0 Å². The summed E-state index contributed by atoms with van der Waals surface area (Å²) in [5, 5.41) is 1.08. The van der Waals surface area contributed by atoms with Crippen LogP contribution in [-0.4, -0.2) is 28.8 Å². The molecule has 0 amide bonds. The van der Waals surface area contributed by atoms with Gasteiger partial charge in [0.2, 0.25) is 0 Å². The highest BCUT2D eigenvalue weighted by Gasteiger charge is 2.09. The average Bonchev–Trinajstić information content (AvgIpc) is 2.26. The van der Waals surface area contributed by atoms with E-state index in [0.717, 1.165) is 35.7 Å². The van der Waals surface area contributed by atoms with Gasteiger partial charge in [-0.15, -0.1) is 0 Å². The molecule has 3 heteroatoms. The van der Waals surface area contributed by atoms with Gasteiger partial charge in [-0.25, -0.2) is 0 Å². The number of hydrogen-bond donors (Lipinski definition) is 0. The van der Waals surface area contributed by atoms with E-state index in [1.807, 2.05) is 13.0 Å². The van der Waals surface area contributed by atoms with Crippen LogP contribution >= 0.6 is 15.9 Å². The predicted molar refractivity (Wildman–Crippen MR) is 72.9 cm³/mol. The van der Waals surface area contributed by atoms with Crippen LogP contribution in [0.3, 0.4) is 0 Å². The first-order valence-electron chi connectivity index (χ1n) is 5.82. The molecule has 0 aliphatic carbocycles. The van der Waals surface area contributed by atoms with Gasteiger partial charge in [-0.05, 0) is 32.0 Å². The molecule has 1 aromatic heterocycles. The molecule has 0 N–H and O–H groups in total. The molecule has 1 unspecified atom stereocenters. The average molecular weight is 285 g/mol. The fourth-order valence-corrected chi connectivity index (χ4v) is 2.42. The Morgan fingerprint density at radius 2 is 2.19 bits per heavy atom. The lowest BCUT2D eigenvalue weighted by molar-refractivity contribution is 0.275. The smallest absolute Gasteiger partial charge is 0.0547 e. The highest BCUT2D eigenvalue weighted by molar-refractivity contribution is 9.09. The van der Waals surface area contributed by atoms with Crippen molar-refractivity contribution in [1.29, 1.82) is 0 Å². The van der Waals surface area contributed by atoms with E-state index >= 15 is 0 Å². The second-order valence-electron chi connectivity index (χ2n) is 4.40. The molecule has 0 aliphatic rings. The zero-order valence-corrected chi connectivity index (χ0v) is 12.0. The molecule has 1 rings (SSSR count). The third kappa shape index (κ3) is 4.62. The minimum Gasteiger partial charge on any atom is -0.300 e. The first-order valence-corrected chi connectivity index (χ1v) is 6.95. The van der Waals surface area contributed by atoms with Crippen molar-refractivity contribution in [2.45, 2.75) is 26.8 Å². The quantitative estimate of drug-likeness (QED) is 0.746. The van der Waals surface area contributed by atoms with Crippen LogP contribution in [0, 0.1) is 12.8 Å². The fraction of sp³-hybridized carbons (Fsp3) is 0.615. The van der Waals surface area contributed by atoms with Gasteiger partial charge in [0.25, 0.3) is 0 Å². The lowest BCUT2D eigenvalue weighted by Crippen LogP contribution is -2.26. The Kier molecular flexibility index (Phi) is 5.99. The number of hydrogen-bond acceptors (Lipinski definition) is 2. The van der Waals surface area contributed by atoms with Gasteiger partial charge in [-0.2, -0.15) is 0 Å². The number of halogens is 1. The van der Waals surface area contributed by atoms with E-state index in [1.165, 1.54) is 6.42 Å². The molecule has 2 nitrogen and oxygen atoms in total. The summed E-state index contributed by atoms with van der Waals surface area (Å²) in [4.78, 5) is 6.86. The Hall–Kier alpha value is -0.410. The molecule has 0 aromatic carbocycles. The van der Waals surface area contributed by atoms with Crippen LogP contribution in [-0.2, 0) is 6.54 Å². The number of rotatable bonds is 6. The second kappa shape index (κ2) is 7.02. The molecule has 0 fully saturated rings. The van der Waals surface area contributed by atoms with Crippen LogP contribution < -0.4 is 0 Å². The largest absolute Gasteiger partial charge is 0.300 e. The first-order chi connectivity index (χ1) is 7.65. The summed E-state index contributed by atoms with van der Waals surface area (Å²) in [7, 11) is 2.16. The van der Waals surface area contributed by atoms with Gasteiger partial charge in [-0.1, -0.05) is 35.3 Å². The van der Waals surface area contributed by atoms with Crippen molar-refractivity contribution in [2.24, 2.45) is 5.92 Å². The third-order valence-electron chi connectivity index (χ3n) is 2.74. The van der Waals surface area contributed by atoms with E-state index in [1.54, 1.807) is 0 Å². The van der Waals surface area contributed by atoms with Gasteiger partial charge < -0.3 is 4.90 Å². The number of alkyl halides is 1. The van der Waals surface area contributed by atoms with Crippen molar-refractivity contribution < 1.29 is 0 Å². The highest BCUT2D eigenvalue weighted by atomic mass is 79.9. The molecule has 0 saturated carbocycles. The molecule has 1 aromatic rings. The highest BCUT2D eigenvalue weighted by Crippen LogP contribution is 2.10. The topological polar surface area (TPSA) is 16.1 Å². The van der Waals surface area contributed by atoms with Crippen molar-refractivity contribution in [2.75, 3.05) is 18.9 Å². The number of aryl methyl sites for hydroxylation is 1. The Morgan fingerprint density at radius 3 is 2.75 bits per heavy atom. The van der Waals surface area contributed by atoms with Gasteiger partial charge in [0.05, 0.1) is 5.69 Å². The summed E-state index contributed by atoms with van der Waals surface area (Å²) in [6, 6.07) is 6.21. The number of pyridine rings is 1. The molecule has 16 heavy (non-hydrogen) atoms. The van der Waals surface area contributed by atoms with E-state index in [-0.39, 0.29) is 0 Å². The van der Waals surface area contributed by atoms with Crippen molar-refractivity contribution in [3.63, 3.8) is 0 Å². The van der Waals surface area contributed by atoms with E-state index in [2.05, 4.69) is 51.9 Å². The Balaban J connectivity index is 2.47. The standard InChI is InChI=1S/C13H21BrN2/c1-4-12(8-14)9-16(3)10-13-7-5-6-11(2)15-13/h5-7,12H,4,8-10H2,1-3H3. The summed E-state index contributed by atoms with van der Waals surface area (Å²) in [5.41, 5.74) is 2.25. The van der Waals surface area contributed by atoms with Crippen molar-refractivity contribution in [3.05, 3.63) is 29.6 Å². The van der Waals surface area contributed by atoms with Crippen LogP contribution in [0.15, 0.2) is 18.2 Å². The van der Waals surface area contributed by atoms with Crippen LogP contribution in [0.2, 0.25) is 0 Å². The maximum absolute atomic E-state index is 4.52. The monoisotopic (exact) mass is 284 g/mol. The first kappa shape index (κ1) is 13.7. The third-order valence-corrected chi connectivity index (χ3v) is 3.66. The zero-order chi connectivity index (χ0) is 12.0. The molecule has 1 atom stereocenters. The summed E-state index contributed by atoms with van der Waals surface area (Å²) >= 11 is 3.56. The summed E-state index contributed by atoms with van der Waals surface area (Å²) in [6.07, 6.45) is 1.22. The summed E-state index contributed by atoms with van der Waals surface area (Å²) in [6.45, 7) is 6.34. The second-order valence-corrected chi connectivity index (χ2v) is 5.04. The normalized spacial score (nSPS) is 13.1. The predicted octanol–water partition coefficient (Wildman–Crippen LogP) is 3.24. The van der Waals surface area contributed by atoms with Gasteiger partial charge in [0, 0.05) is 24.1 Å². The van der Waals surface area contributed by atoms with Crippen molar-refractivity contribution >= 4 is 15.9 Å². The maximum Gasteiger partial charge on any atom is 0.0547 e. The molecule has 0 bridgehead atoms. The SMILES string of the molecule is CCC(CBr)CN(C)Cc1cccc(C)n1. The Morgan fingerprint density at radius 1 is 1.44 bits per heavy atom. The molecule has 1 heterocycles. The van der Waals surface area contributed by atoms with E-state index < -0.39 is 0 Å². The molecule has 0 aliphatic heterocycles. The lowest BCUT2D eigenvalue weighted by Gasteiger charge is -2.21. The van der Waals surface area contributed by atoms with E-state index in [9.17, 15) is 0 Å². The molecule has 0 saturated heterocycles. The van der Waals surface area contributed by atoms with Crippen LogP contribution in [0.4, 0.5) is 0 Å². The molecular weight excluding hydrogens is 264 g/mol. The van der Waals surface area contributed by atoms with Gasteiger partial charge in [0.1, 0.15) is 0 Å². The maximum atomic E-state index is 4.52. The van der Waals surface area contributed by atoms with Crippen LogP contribution in [0.1, 0.15) is 24.7 Å². The van der Waals surface area contributed by atoms with Gasteiger partial charge in [0.15, 0.2) is 0 Å². The fourth-order valence-electron chi connectivity index (χ4n) is 1.76. The Labute approximate surface area is 107 Å². The number of aromatic nitrogens is 1. The van der Waals surface area contributed by atoms with Crippen LogP contribution in [0.5, 0.6) is 0 Å². The zero-order valence-electron chi connectivity index (χ0n) is 10.4. The van der Waals surface area contributed by atoms with Crippen molar-refractivity contribution in [1.82, 2.24) is 9.88 Å². The molecular formula is C13H21BrN2. The summed E-state index contributed by atoms with van der Waals surface area (Å²) in [5.74, 6) is 0.731. The summed E-state index contributed by atoms with van der Waals surface area (Å²) < 4.78 is 0. The minimum atomic E-state index is 0.731. The molecule has 0 radical (unpaired) electrons. The molecule has 0 spiro atoms. The minimum absolute atomic E-state index is 0.731. The van der Waals surface area contributed by atoms with Gasteiger partial charge >= 0.3 is 0 Å². The van der Waals surface area contributed by atoms with Crippen molar-refractivity contribution in [3.8, 4) is 0 Å².